The van der Waals surface area contributed by atoms with Gasteiger partial charge in [0.1, 0.15) is 11.6 Å². The number of esters is 1. The monoisotopic (exact) mass is 433 g/mol. The molecule has 1 fully saturated rings. The van der Waals surface area contributed by atoms with Crippen molar-refractivity contribution in [1.29, 1.82) is 0 Å². The van der Waals surface area contributed by atoms with E-state index in [9.17, 15) is 23.2 Å². The molecule has 8 nitrogen and oxygen atoms in total. The van der Waals surface area contributed by atoms with Crippen molar-refractivity contribution in [2.75, 3.05) is 38.2 Å². The van der Waals surface area contributed by atoms with Crippen LogP contribution >= 0.6 is 0 Å². The molecule has 1 aliphatic rings. The average Bonchev–Trinajstić information content (AvgIpc) is 2.78. The van der Waals surface area contributed by atoms with Crippen LogP contribution in [0, 0.1) is 11.6 Å². The van der Waals surface area contributed by atoms with E-state index in [-0.39, 0.29) is 43.9 Å². The topological polar surface area (TPSA) is 90.4 Å². The van der Waals surface area contributed by atoms with Crippen molar-refractivity contribution in [3.8, 4) is 0 Å². The average molecular weight is 433 g/mol. The zero-order valence-electron chi connectivity index (χ0n) is 16.8. The number of halogens is 2. The molecule has 0 atom stereocenters. The molecule has 0 bridgehead atoms. The number of urea groups is 1. The Hall–Kier alpha value is -3.69. The van der Waals surface area contributed by atoms with Gasteiger partial charge >= 0.3 is 18.1 Å². The standard InChI is InChI=1S/C21H21F2N3O5/c1-31-19(27)14-2-3-15(18(23)12-14)13-26(17-6-4-16(22)5-7-17)20(28)24-8-10-25(11-9-24)21(29)30/h2-7,12H,8-11,13H2,1H3,(H,29,30). The molecule has 1 heterocycles. The summed E-state index contributed by atoms with van der Waals surface area (Å²) in [5, 5.41) is 9.08. The molecule has 10 heteroatoms. The molecule has 2 aromatic rings. The predicted octanol–water partition coefficient (Wildman–Crippen LogP) is 3.17. The molecule has 0 unspecified atom stereocenters. The van der Waals surface area contributed by atoms with E-state index in [0.717, 1.165) is 6.07 Å². The van der Waals surface area contributed by atoms with Gasteiger partial charge in [0, 0.05) is 37.4 Å². The van der Waals surface area contributed by atoms with Crippen molar-refractivity contribution < 1.29 is 33.0 Å². The van der Waals surface area contributed by atoms with Crippen LogP contribution in [0.3, 0.4) is 0 Å². The fourth-order valence-corrected chi connectivity index (χ4v) is 3.24. The number of amides is 3. The minimum absolute atomic E-state index is 0.0354. The maximum atomic E-state index is 14.6. The van der Waals surface area contributed by atoms with Crippen molar-refractivity contribution >= 4 is 23.8 Å². The first-order valence-corrected chi connectivity index (χ1v) is 9.46. The fraction of sp³-hybridized carbons (Fsp3) is 0.286. The van der Waals surface area contributed by atoms with Gasteiger partial charge in [-0.1, -0.05) is 6.07 Å². The highest BCUT2D eigenvalue weighted by Crippen LogP contribution is 2.22. The lowest BCUT2D eigenvalue weighted by atomic mass is 10.1. The summed E-state index contributed by atoms with van der Waals surface area (Å²) in [6.45, 7) is 0.483. The number of hydrogen-bond acceptors (Lipinski definition) is 4. The molecule has 1 N–H and O–H groups in total. The molecule has 1 saturated heterocycles. The quantitative estimate of drug-likeness (QED) is 0.748. The highest BCUT2D eigenvalue weighted by molar-refractivity contribution is 5.92. The number of nitrogens with zero attached hydrogens (tertiary/aromatic N) is 3. The number of carbonyl (C=O) groups is 3. The Kier molecular flexibility index (Phi) is 6.68. The van der Waals surface area contributed by atoms with Gasteiger partial charge in [-0.2, -0.15) is 0 Å². The maximum absolute atomic E-state index is 14.6. The van der Waals surface area contributed by atoms with E-state index >= 15 is 0 Å². The fourth-order valence-electron chi connectivity index (χ4n) is 3.24. The molecule has 0 aromatic heterocycles. The molecule has 164 valence electrons. The smallest absolute Gasteiger partial charge is 0.407 e. The Balaban J connectivity index is 1.85. The van der Waals surface area contributed by atoms with Crippen LogP contribution in [-0.2, 0) is 11.3 Å². The first kappa shape index (κ1) is 22.0. The summed E-state index contributed by atoms with van der Waals surface area (Å²) in [4.78, 5) is 39.8. The second-order valence-corrected chi connectivity index (χ2v) is 6.90. The SMILES string of the molecule is COC(=O)c1ccc(CN(C(=O)N2CCN(C(=O)O)CC2)c2ccc(F)cc2)c(F)c1. The lowest BCUT2D eigenvalue weighted by Crippen LogP contribution is -2.53. The minimum Gasteiger partial charge on any atom is -0.465 e. The zero-order valence-corrected chi connectivity index (χ0v) is 16.8. The number of carbonyl (C=O) groups excluding carboxylic acids is 2. The third kappa shape index (κ3) is 5.08. The first-order chi connectivity index (χ1) is 14.8. The highest BCUT2D eigenvalue weighted by Gasteiger charge is 2.28. The van der Waals surface area contributed by atoms with Gasteiger partial charge in [-0.15, -0.1) is 0 Å². The largest absolute Gasteiger partial charge is 0.465 e. The second kappa shape index (κ2) is 9.41. The molecule has 0 saturated carbocycles. The van der Waals surface area contributed by atoms with E-state index in [0.29, 0.717) is 5.69 Å². The van der Waals surface area contributed by atoms with Gasteiger partial charge in [0.2, 0.25) is 0 Å². The van der Waals surface area contributed by atoms with Crippen molar-refractivity contribution in [3.05, 3.63) is 65.2 Å². The van der Waals surface area contributed by atoms with Crippen LogP contribution in [-0.4, -0.2) is 66.3 Å². The second-order valence-electron chi connectivity index (χ2n) is 6.90. The summed E-state index contributed by atoms with van der Waals surface area (Å²) in [5.41, 5.74) is 0.534. The van der Waals surface area contributed by atoms with Crippen molar-refractivity contribution in [2.45, 2.75) is 6.54 Å². The number of methoxy groups -OCH3 is 1. The van der Waals surface area contributed by atoms with Crippen LogP contribution in [0.25, 0.3) is 0 Å². The van der Waals surface area contributed by atoms with Gasteiger partial charge in [0.05, 0.1) is 19.2 Å². The highest BCUT2D eigenvalue weighted by atomic mass is 19.1. The number of carboxylic acid groups (broad SMARTS) is 1. The Morgan fingerprint density at radius 1 is 1.00 bits per heavy atom. The van der Waals surface area contributed by atoms with E-state index < -0.39 is 29.7 Å². The summed E-state index contributed by atoms with van der Waals surface area (Å²) in [7, 11) is 1.19. The normalized spacial score (nSPS) is 13.6. The van der Waals surface area contributed by atoms with Gasteiger partial charge in [0.15, 0.2) is 0 Å². The number of ether oxygens (including phenoxy) is 1. The molecule has 31 heavy (non-hydrogen) atoms. The Morgan fingerprint density at radius 3 is 2.16 bits per heavy atom. The molecule has 0 spiro atoms. The van der Waals surface area contributed by atoms with Crippen LogP contribution in [0.5, 0.6) is 0 Å². The molecule has 0 radical (unpaired) electrons. The van der Waals surface area contributed by atoms with E-state index in [4.69, 9.17) is 5.11 Å². The number of benzene rings is 2. The first-order valence-electron chi connectivity index (χ1n) is 9.46. The van der Waals surface area contributed by atoms with Crippen LogP contribution in [0.2, 0.25) is 0 Å². The summed E-state index contributed by atoms with van der Waals surface area (Å²) in [6, 6.07) is 8.52. The third-order valence-electron chi connectivity index (χ3n) is 4.99. The van der Waals surface area contributed by atoms with E-state index in [1.807, 2.05) is 0 Å². The lowest BCUT2D eigenvalue weighted by molar-refractivity contribution is 0.0600. The maximum Gasteiger partial charge on any atom is 0.407 e. The van der Waals surface area contributed by atoms with Crippen molar-refractivity contribution in [3.63, 3.8) is 0 Å². The zero-order chi connectivity index (χ0) is 22.5. The lowest BCUT2D eigenvalue weighted by Gasteiger charge is -2.36. The number of hydrogen-bond donors (Lipinski definition) is 1. The van der Waals surface area contributed by atoms with E-state index in [2.05, 4.69) is 4.74 Å². The third-order valence-corrected chi connectivity index (χ3v) is 4.99. The molecular formula is C21H21F2N3O5. The van der Waals surface area contributed by atoms with Crippen molar-refractivity contribution in [1.82, 2.24) is 9.80 Å². The summed E-state index contributed by atoms with van der Waals surface area (Å²) in [5.74, 6) is -1.87. The number of anilines is 1. The summed E-state index contributed by atoms with van der Waals surface area (Å²) < 4.78 is 32.6. The van der Waals surface area contributed by atoms with Crippen LogP contribution in [0.4, 0.5) is 24.1 Å². The van der Waals surface area contributed by atoms with Crippen LogP contribution in [0.1, 0.15) is 15.9 Å². The Bertz CT molecular complexity index is 975. The van der Waals surface area contributed by atoms with Gasteiger partial charge in [-0.05, 0) is 36.4 Å². The molecule has 3 amide bonds. The van der Waals surface area contributed by atoms with Gasteiger partial charge in [-0.25, -0.2) is 23.2 Å². The Morgan fingerprint density at radius 2 is 1.61 bits per heavy atom. The van der Waals surface area contributed by atoms with Gasteiger partial charge in [0.25, 0.3) is 0 Å². The summed E-state index contributed by atoms with van der Waals surface area (Å²) >= 11 is 0. The van der Waals surface area contributed by atoms with Crippen LogP contribution < -0.4 is 4.90 Å². The molecule has 2 aromatic carbocycles. The number of piperazine rings is 1. The van der Waals surface area contributed by atoms with E-state index in [1.165, 1.54) is 58.2 Å². The molecule has 1 aliphatic heterocycles. The molecule has 0 aliphatic carbocycles. The Labute approximate surface area is 177 Å². The number of rotatable bonds is 4. The molecule has 3 rings (SSSR count). The van der Waals surface area contributed by atoms with Gasteiger partial charge < -0.3 is 19.6 Å². The van der Waals surface area contributed by atoms with Crippen molar-refractivity contribution in [2.24, 2.45) is 0 Å². The van der Waals surface area contributed by atoms with E-state index in [1.54, 1.807) is 0 Å². The van der Waals surface area contributed by atoms with Crippen LogP contribution in [0.15, 0.2) is 42.5 Å². The van der Waals surface area contributed by atoms with Gasteiger partial charge in [-0.3, -0.25) is 4.90 Å². The minimum atomic E-state index is -1.06. The molecular weight excluding hydrogens is 412 g/mol. The predicted molar refractivity (Wildman–Crippen MR) is 107 cm³/mol. The summed E-state index contributed by atoms with van der Waals surface area (Å²) in [6.07, 6.45) is -1.06.